The molecular weight excluding hydrogens is 378 g/mol. The molecule has 0 bridgehead atoms. The Bertz CT molecular complexity index is 1060. The highest BCUT2D eigenvalue weighted by Crippen LogP contribution is 2.30. The zero-order chi connectivity index (χ0) is 21.1. The van der Waals surface area contributed by atoms with Crippen molar-refractivity contribution in [1.82, 2.24) is 25.0 Å². The maximum Gasteiger partial charge on any atom is 0.242 e. The second-order valence-corrected chi connectivity index (χ2v) is 7.59. The summed E-state index contributed by atoms with van der Waals surface area (Å²) in [5.74, 6) is -0.0793. The molecule has 1 aromatic carbocycles. The predicted molar refractivity (Wildman–Crippen MR) is 114 cm³/mol. The summed E-state index contributed by atoms with van der Waals surface area (Å²) in [6.07, 6.45) is 6.88. The van der Waals surface area contributed by atoms with Gasteiger partial charge in [-0.05, 0) is 42.7 Å². The van der Waals surface area contributed by atoms with Crippen molar-refractivity contribution in [2.45, 2.75) is 32.4 Å². The SMILES string of the molecule is CC(C(=O)NCc1cccc(-c2nn(C)cc2-c2ccncc2)c1)N1CCCC1=O. The van der Waals surface area contributed by atoms with Crippen LogP contribution in [0.4, 0.5) is 0 Å². The maximum atomic E-state index is 12.5. The lowest BCUT2D eigenvalue weighted by Crippen LogP contribution is -2.45. The number of aryl methyl sites for hydroxylation is 1. The molecule has 1 fully saturated rings. The van der Waals surface area contributed by atoms with E-state index in [0.29, 0.717) is 19.5 Å². The summed E-state index contributed by atoms with van der Waals surface area (Å²) in [6, 6.07) is 11.5. The second-order valence-electron chi connectivity index (χ2n) is 7.59. The molecule has 2 aromatic heterocycles. The first-order chi connectivity index (χ1) is 14.5. The van der Waals surface area contributed by atoms with E-state index in [-0.39, 0.29) is 11.8 Å². The van der Waals surface area contributed by atoms with Gasteiger partial charge < -0.3 is 10.2 Å². The first-order valence-electron chi connectivity index (χ1n) is 10.1. The number of rotatable bonds is 6. The molecule has 7 nitrogen and oxygen atoms in total. The fourth-order valence-corrected chi connectivity index (χ4v) is 3.83. The van der Waals surface area contributed by atoms with Crippen LogP contribution < -0.4 is 5.32 Å². The van der Waals surface area contributed by atoms with Crippen molar-refractivity contribution in [3.63, 3.8) is 0 Å². The number of hydrogen-bond donors (Lipinski definition) is 1. The van der Waals surface area contributed by atoms with Crippen LogP contribution >= 0.6 is 0 Å². The van der Waals surface area contributed by atoms with Crippen molar-refractivity contribution in [1.29, 1.82) is 0 Å². The minimum atomic E-state index is -0.447. The quantitative estimate of drug-likeness (QED) is 0.686. The van der Waals surface area contributed by atoms with Gasteiger partial charge in [0.2, 0.25) is 11.8 Å². The van der Waals surface area contributed by atoms with Gasteiger partial charge in [-0.25, -0.2) is 0 Å². The molecule has 2 amide bonds. The molecule has 1 unspecified atom stereocenters. The molecule has 0 radical (unpaired) electrons. The van der Waals surface area contributed by atoms with Crippen LogP contribution in [0.5, 0.6) is 0 Å². The van der Waals surface area contributed by atoms with Gasteiger partial charge in [-0.2, -0.15) is 5.10 Å². The Morgan fingerprint density at radius 2 is 2.00 bits per heavy atom. The molecule has 7 heteroatoms. The van der Waals surface area contributed by atoms with Crippen LogP contribution in [0, 0.1) is 0 Å². The average Bonchev–Trinajstić information content (AvgIpc) is 3.37. The van der Waals surface area contributed by atoms with Crippen LogP contribution in [-0.2, 0) is 23.2 Å². The number of aromatic nitrogens is 3. The molecule has 0 aliphatic carbocycles. The summed E-state index contributed by atoms with van der Waals surface area (Å²) in [5, 5.41) is 7.61. The molecule has 0 saturated carbocycles. The fraction of sp³-hybridized carbons (Fsp3) is 0.304. The molecule has 0 spiro atoms. The molecular formula is C23H25N5O2. The number of likely N-dealkylation sites (tertiary alicyclic amines) is 1. The van der Waals surface area contributed by atoms with Crippen molar-refractivity contribution >= 4 is 11.8 Å². The van der Waals surface area contributed by atoms with Crippen LogP contribution in [0.3, 0.4) is 0 Å². The monoisotopic (exact) mass is 403 g/mol. The Morgan fingerprint density at radius 3 is 2.73 bits per heavy atom. The summed E-state index contributed by atoms with van der Waals surface area (Å²) in [7, 11) is 1.90. The van der Waals surface area contributed by atoms with Gasteiger partial charge >= 0.3 is 0 Å². The average molecular weight is 403 g/mol. The van der Waals surface area contributed by atoms with E-state index in [1.807, 2.05) is 49.6 Å². The molecule has 1 aliphatic rings. The number of hydrogen-bond acceptors (Lipinski definition) is 4. The normalized spacial score (nSPS) is 14.7. The van der Waals surface area contributed by atoms with Crippen LogP contribution in [-0.4, -0.2) is 44.1 Å². The molecule has 154 valence electrons. The van der Waals surface area contributed by atoms with E-state index in [1.165, 1.54) is 0 Å². The van der Waals surface area contributed by atoms with E-state index in [0.717, 1.165) is 34.4 Å². The van der Waals surface area contributed by atoms with Crippen LogP contribution in [0.2, 0.25) is 0 Å². The topological polar surface area (TPSA) is 80.1 Å². The number of carbonyl (C=O) groups excluding carboxylic acids is 2. The maximum absolute atomic E-state index is 12.5. The van der Waals surface area contributed by atoms with Gasteiger partial charge in [0.15, 0.2) is 0 Å². The van der Waals surface area contributed by atoms with E-state index in [2.05, 4.69) is 15.4 Å². The van der Waals surface area contributed by atoms with E-state index in [4.69, 9.17) is 0 Å². The van der Waals surface area contributed by atoms with Crippen molar-refractivity contribution in [2.75, 3.05) is 6.54 Å². The third-order valence-electron chi connectivity index (χ3n) is 5.44. The molecule has 1 N–H and O–H groups in total. The van der Waals surface area contributed by atoms with Crippen molar-refractivity contribution in [2.24, 2.45) is 7.05 Å². The fourth-order valence-electron chi connectivity index (χ4n) is 3.83. The van der Waals surface area contributed by atoms with E-state index in [9.17, 15) is 9.59 Å². The number of carbonyl (C=O) groups is 2. The Kier molecular flexibility index (Phi) is 5.61. The van der Waals surface area contributed by atoms with Gasteiger partial charge in [0, 0.05) is 56.3 Å². The summed E-state index contributed by atoms with van der Waals surface area (Å²) in [4.78, 5) is 30.1. The number of amides is 2. The number of nitrogens with zero attached hydrogens (tertiary/aromatic N) is 4. The molecule has 1 saturated heterocycles. The molecule has 1 aliphatic heterocycles. The highest BCUT2D eigenvalue weighted by atomic mass is 16.2. The third kappa shape index (κ3) is 4.10. The van der Waals surface area contributed by atoms with Gasteiger partial charge in [0.1, 0.15) is 11.7 Å². The third-order valence-corrected chi connectivity index (χ3v) is 5.44. The summed E-state index contributed by atoms with van der Waals surface area (Å²) < 4.78 is 1.80. The number of nitrogens with one attached hydrogen (secondary N) is 1. The highest BCUT2D eigenvalue weighted by molar-refractivity contribution is 5.88. The van der Waals surface area contributed by atoms with Gasteiger partial charge in [-0.3, -0.25) is 19.3 Å². The van der Waals surface area contributed by atoms with E-state index >= 15 is 0 Å². The Balaban J connectivity index is 1.50. The first-order valence-corrected chi connectivity index (χ1v) is 10.1. The van der Waals surface area contributed by atoms with Crippen LogP contribution in [0.25, 0.3) is 22.4 Å². The zero-order valence-corrected chi connectivity index (χ0v) is 17.2. The minimum absolute atomic E-state index is 0.0541. The van der Waals surface area contributed by atoms with Crippen molar-refractivity contribution < 1.29 is 9.59 Å². The van der Waals surface area contributed by atoms with E-state index in [1.54, 1.807) is 28.9 Å². The smallest absolute Gasteiger partial charge is 0.242 e. The van der Waals surface area contributed by atoms with Crippen molar-refractivity contribution in [3.05, 3.63) is 60.6 Å². The molecule has 3 heterocycles. The lowest BCUT2D eigenvalue weighted by molar-refractivity contribution is -0.136. The van der Waals surface area contributed by atoms with E-state index < -0.39 is 6.04 Å². The van der Waals surface area contributed by atoms with Crippen LogP contribution in [0.15, 0.2) is 55.0 Å². The van der Waals surface area contributed by atoms with Crippen molar-refractivity contribution in [3.8, 4) is 22.4 Å². The number of pyridine rings is 1. The molecule has 30 heavy (non-hydrogen) atoms. The van der Waals surface area contributed by atoms with Gasteiger partial charge in [-0.15, -0.1) is 0 Å². The lowest BCUT2D eigenvalue weighted by Gasteiger charge is -2.23. The standard InChI is InChI=1S/C23H25N5O2/c1-16(28-12-4-7-21(28)29)23(30)25-14-17-5-3-6-19(13-17)22-20(15-27(2)26-22)18-8-10-24-11-9-18/h3,5-6,8-11,13,15-16H,4,7,12,14H2,1-2H3,(H,25,30). The Labute approximate surface area is 175 Å². The summed E-state index contributed by atoms with van der Waals surface area (Å²) >= 11 is 0. The molecule has 4 rings (SSSR count). The largest absolute Gasteiger partial charge is 0.350 e. The summed E-state index contributed by atoms with van der Waals surface area (Å²) in [6.45, 7) is 2.83. The minimum Gasteiger partial charge on any atom is -0.350 e. The predicted octanol–water partition coefficient (Wildman–Crippen LogP) is 2.78. The molecule has 1 atom stereocenters. The zero-order valence-electron chi connectivity index (χ0n) is 17.2. The van der Waals surface area contributed by atoms with Gasteiger partial charge in [0.25, 0.3) is 0 Å². The summed E-state index contributed by atoms with van der Waals surface area (Å²) in [5.41, 5.74) is 4.93. The lowest BCUT2D eigenvalue weighted by atomic mass is 10.0. The Morgan fingerprint density at radius 1 is 1.20 bits per heavy atom. The van der Waals surface area contributed by atoms with Gasteiger partial charge in [-0.1, -0.05) is 18.2 Å². The highest BCUT2D eigenvalue weighted by Gasteiger charge is 2.29. The molecule has 3 aromatic rings. The Hall–Kier alpha value is -3.48. The second kappa shape index (κ2) is 8.49. The van der Waals surface area contributed by atoms with Gasteiger partial charge in [0.05, 0.1) is 0 Å². The number of benzene rings is 1. The first kappa shape index (κ1) is 19.8. The van der Waals surface area contributed by atoms with Crippen LogP contribution in [0.1, 0.15) is 25.3 Å².